The van der Waals surface area contributed by atoms with Crippen LogP contribution < -0.4 is 0 Å². The Hall–Kier alpha value is -1.55. The van der Waals surface area contributed by atoms with Crippen LogP contribution in [0.25, 0.3) is 0 Å². The normalized spacial score (nSPS) is 21.3. The highest BCUT2D eigenvalue weighted by Gasteiger charge is 2.44. The third-order valence-corrected chi connectivity index (χ3v) is 8.15. The summed E-state index contributed by atoms with van der Waals surface area (Å²) >= 11 is 12.3. The van der Waals surface area contributed by atoms with Crippen molar-refractivity contribution in [3.05, 3.63) is 69.2 Å². The van der Waals surface area contributed by atoms with Crippen molar-refractivity contribution in [2.24, 2.45) is 5.92 Å². The molecule has 0 radical (unpaired) electrons. The van der Waals surface area contributed by atoms with E-state index >= 15 is 0 Å². The average molecular weight is 443 g/mol. The number of likely N-dealkylation sites (tertiary alicyclic amines) is 1. The Kier molecular flexibility index (Phi) is 5.55. The van der Waals surface area contributed by atoms with Gasteiger partial charge in [-0.2, -0.15) is 0 Å². The lowest BCUT2D eigenvalue weighted by Gasteiger charge is -2.49. The molecule has 30 heavy (non-hydrogen) atoms. The first-order valence-corrected chi connectivity index (χ1v) is 11.8. The summed E-state index contributed by atoms with van der Waals surface area (Å²) in [5, 5.41) is 1.22. The van der Waals surface area contributed by atoms with E-state index in [1.807, 2.05) is 12.1 Å². The van der Waals surface area contributed by atoms with Crippen LogP contribution in [-0.2, 0) is 23.3 Å². The number of benzene rings is 2. The molecule has 5 rings (SSSR count). The van der Waals surface area contributed by atoms with Crippen molar-refractivity contribution >= 4 is 29.1 Å². The second kappa shape index (κ2) is 8.18. The topological polar surface area (TPSA) is 23.6 Å². The van der Waals surface area contributed by atoms with Gasteiger partial charge >= 0.3 is 0 Å². The van der Waals surface area contributed by atoms with Gasteiger partial charge in [0.25, 0.3) is 0 Å². The fraction of sp³-hybridized carbons (Fsp3) is 0.480. The van der Waals surface area contributed by atoms with Crippen LogP contribution in [0.1, 0.15) is 48.8 Å². The molecule has 1 spiro atoms. The second-order valence-electron chi connectivity index (χ2n) is 9.28. The lowest BCUT2D eigenvalue weighted by Crippen LogP contribution is -2.54. The summed E-state index contributed by atoms with van der Waals surface area (Å²) < 4.78 is 0. The number of hydrogen-bond donors (Lipinski definition) is 0. The smallest absolute Gasteiger partial charge is 0.226 e. The van der Waals surface area contributed by atoms with Crippen LogP contribution in [0.15, 0.2) is 42.5 Å². The minimum Gasteiger partial charge on any atom is -0.337 e. The molecule has 1 saturated carbocycles. The van der Waals surface area contributed by atoms with Gasteiger partial charge in [-0.3, -0.25) is 9.69 Å². The van der Waals surface area contributed by atoms with E-state index < -0.39 is 0 Å². The molecule has 0 N–H and O–H groups in total. The summed E-state index contributed by atoms with van der Waals surface area (Å²) in [4.78, 5) is 17.7. The van der Waals surface area contributed by atoms with E-state index in [4.69, 9.17) is 23.2 Å². The zero-order valence-electron chi connectivity index (χ0n) is 17.2. The Morgan fingerprint density at radius 1 is 1.03 bits per heavy atom. The molecule has 1 aliphatic carbocycles. The second-order valence-corrected chi connectivity index (χ2v) is 10.1. The summed E-state index contributed by atoms with van der Waals surface area (Å²) in [5.74, 6) is 0.649. The van der Waals surface area contributed by atoms with E-state index in [1.165, 1.54) is 23.1 Å². The van der Waals surface area contributed by atoms with Crippen LogP contribution >= 0.6 is 23.2 Å². The molecule has 2 heterocycles. The largest absolute Gasteiger partial charge is 0.337 e. The van der Waals surface area contributed by atoms with Gasteiger partial charge in [-0.25, -0.2) is 0 Å². The van der Waals surface area contributed by atoms with Crippen molar-refractivity contribution < 1.29 is 4.79 Å². The summed E-state index contributed by atoms with van der Waals surface area (Å²) in [6, 6.07) is 14.7. The molecule has 2 aromatic rings. The fourth-order valence-electron chi connectivity index (χ4n) is 5.42. The lowest BCUT2D eigenvalue weighted by atomic mass is 9.68. The van der Waals surface area contributed by atoms with Gasteiger partial charge in [0.2, 0.25) is 5.91 Å². The highest BCUT2D eigenvalue weighted by molar-refractivity contribution is 6.42. The van der Waals surface area contributed by atoms with Crippen LogP contribution in [0.2, 0.25) is 10.0 Å². The zero-order chi connectivity index (χ0) is 20.7. The maximum absolute atomic E-state index is 13.1. The molecule has 3 nitrogen and oxygen atoms in total. The Morgan fingerprint density at radius 2 is 1.80 bits per heavy atom. The third kappa shape index (κ3) is 3.77. The molecule has 2 aliphatic heterocycles. The van der Waals surface area contributed by atoms with Crippen molar-refractivity contribution in [3.8, 4) is 0 Å². The highest BCUT2D eigenvalue weighted by atomic mass is 35.5. The number of carbonyl (C=O) groups excluding carboxylic acids is 1. The molecule has 1 amide bonds. The van der Waals surface area contributed by atoms with E-state index in [0.717, 1.165) is 58.4 Å². The fourth-order valence-corrected chi connectivity index (χ4v) is 5.74. The SMILES string of the molecule is O=C(C1CCC1)N1Cc2ccccc2C2(CCN(Cc3ccc(Cl)c(Cl)c3)CC2)C1. The maximum Gasteiger partial charge on any atom is 0.226 e. The lowest BCUT2D eigenvalue weighted by molar-refractivity contribution is -0.140. The van der Waals surface area contributed by atoms with Gasteiger partial charge in [0.15, 0.2) is 0 Å². The van der Waals surface area contributed by atoms with Crippen molar-refractivity contribution in [1.29, 1.82) is 0 Å². The van der Waals surface area contributed by atoms with Gasteiger partial charge < -0.3 is 4.90 Å². The number of fused-ring (bicyclic) bond motifs is 2. The van der Waals surface area contributed by atoms with E-state index in [-0.39, 0.29) is 11.3 Å². The van der Waals surface area contributed by atoms with Crippen LogP contribution in [0, 0.1) is 5.92 Å². The quantitative estimate of drug-likeness (QED) is 0.610. The van der Waals surface area contributed by atoms with Crippen LogP contribution in [0.3, 0.4) is 0 Å². The summed E-state index contributed by atoms with van der Waals surface area (Å²) in [6.07, 6.45) is 5.51. The summed E-state index contributed by atoms with van der Waals surface area (Å²) in [6.45, 7) is 4.60. The molecule has 0 atom stereocenters. The van der Waals surface area contributed by atoms with Gasteiger partial charge in [0.1, 0.15) is 0 Å². The standard InChI is InChI=1S/C25H28Cl2N2O/c26-22-9-8-18(14-23(22)27)15-28-12-10-25(11-13-28)17-29(24(30)19-5-3-6-19)16-20-4-1-2-7-21(20)25/h1-2,4,7-9,14,19H,3,5-6,10-13,15-17H2. The first-order chi connectivity index (χ1) is 14.5. The molecular formula is C25H28Cl2N2O. The summed E-state index contributed by atoms with van der Waals surface area (Å²) in [5.41, 5.74) is 4.10. The predicted octanol–water partition coefficient (Wildman–Crippen LogP) is 5.67. The van der Waals surface area contributed by atoms with Crippen molar-refractivity contribution in [3.63, 3.8) is 0 Å². The number of hydrogen-bond acceptors (Lipinski definition) is 2. The van der Waals surface area contributed by atoms with E-state index in [2.05, 4.69) is 40.1 Å². The van der Waals surface area contributed by atoms with Crippen LogP contribution in [0.5, 0.6) is 0 Å². The Balaban J connectivity index is 1.33. The number of rotatable bonds is 3. The van der Waals surface area contributed by atoms with Crippen molar-refractivity contribution in [1.82, 2.24) is 9.80 Å². The van der Waals surface area contributed by atoms with Gasteiger partial charge in [0, 0.05) is 31.0 Å². The van der Waals surface area contributed by atoms with Crippen LogP contribution in [-0.4, -0.2) is 35.3 Å². The number of carbonyl (C=O) groups is 1. The number of amides is 1. The van der Waals surface area contributed by atoms with Crippen LogP contribution in [0.4, 0.5) is 0 Å². The van der Waals surface area contributed by atoms with E-state index in [1.54, 1.807) is 0 Å². The number of nitrogens with zero attached hydrogens (tertiary/aromatic N) is 2. The van der Waals surface area contributed by atoms with Gasteiger partial charge in [-0.1, -0.05) is 60.0 Å². The van der Waals surface area contributed by atoms with Gasteiger partial charge in [-0.05, 0) is 67.6 Å². The average Bonchev–Trinajstić information content (AvgIpc) is 2.71. The first-order valence-electron chi connectivity index (χ1n) is 11.1. The van der Waals surface area contributed by atoms with Gasteiger partial charge in [-0.15, -0.1) is 0 Å². The molecule has 3 aliphatic rings. The molecular weight excluding hydrogens is 415 g/mol. The van der Waals surface area contributed by atoms with Crippen molar-refractivity contribution in [2.75, 3.05) is 19.6 Å². The first kappa shape index (κ1) is 20.4. The molecule has 158 valence electrons. The highest BCUT2D eigenvalue weighted by Crippen LogP contribution is 2.43. The molecule has 5 heteroatoms. The molecule has 0 bridgehead atoms. The Labute approximate surface area is 189 Å². The van der Waals surface area contributed by atoms with E-state index in [9.17, 15) is 4.79 Å². The Morgan fingerprint density at radius 3 is 2.50 bits per heavy atom. The van der Waals surface area contributed by atoms with Crippen molar-refractivity contribution in [2.45, 2.75) is 50.6 Å². The monoisotopic (exact) mass is 442 g/mol. The maximum atomic E-state index is 13.1. The molecule has 0 unspecified atom stereocenters. The molecule has 0 aromatic heterocycles. The van der Waals surface area contributed by atoms with E-state index in [0.29, 0.717) is 16.0 Å². The molecule has 1 saturated heterocycles. The summed E-state index contributed by atoms with van der Waals surface area (Å²) in [7, 11) is 0. The van der Waals surface area contributed by atoms with Gasteiger partial charge in [0.05, 0.1) is 10.0 Å². The molecule has 2 aromatic carbocycles. The minimum absolute atomic E-state index is 0.0857. The number of halogens is 2. The number of piperidine rings is 1. The predicted molar refractivity (Wildman–Crippen MR) is 122 cm³/mol. The zero-order valence-corrected chi connectivity index (χ0v) is 18.8. The molecule has 2 fully saturated rings. The third-order valence-electron chi connectivity index (χ3n) is 7.41. The minimum atomic E-state index is 0.0857. The Bertz CT molecular complexity index is 948.